The van der Waals surface area contributed by atoms with Gasteiger partial charge in [0.2, 0.25) is 0 Å². The van der Waals surface area contributed by atoms with Crippen molar-refractivity contribution in [2.24, 2.45) is 0 Å². The van der Waals surface area contributed by atoms with Gasteiger partial charge < -0.3 is 5.32 Å². The topological polar surface area (TPSA) is 101 Å². The summed E-state index contributed by atoms with van der Waals surface area (Å²) in [6.45, 7) is -0.373. The van der Waals surface area contributed by atoms with Crippen molar-refractivity contribution in [2.75, 3.05) is 18.6 Å². The zero-order chi connectivity index (χ0) is 17.2. The van der Waals surface area contributed by atoms with Crippen LogP contribution in [0.2, 0.25) is 0 Å². The van der Waals surface area contributed by atoms with E-state index in [1.165, 1.54) is 0 Å². The first-order valence-corrected chi connectivity index (χ1v) is 9.61. The van der Waals surface area contributed by atoms with Crippen molar-refractivity contribution < 1.29 is 22.8 Å². The van der Waals surface area contributed by atoms with Crippen LogP contribution in [0.15, 0.2) is 28.7 Å². The molecule has 1 aromatic carbocycles. The van der Waals surface area contributed by atoms with Gasteiger partial charge in [-0.15, -0.1) is 0 Å². The molecule has 1 atom stereocenters. The molecule has 2 rings (SSSR count). The lowest BCUT2D eigenvalue weighted by molar-refractivity contribution is -0.127. The molecule has 0 aromatic heterocycles. The Morgan fingerprint density at radius 3 is 2.43 bits per heavy atom. The highest BCUT2D eigenvalue weighted by atomic mass is 79.9. The van der Waals surface area contributed by atoms with Crippen LogP contribution in [0.3, 0.4) is 0 Å². The Bertz CT molecular complexity index is 745. The molecule has 1 saturated heterocycles. The average Bonchev–Trinajstić information content (AvgIpc) is 2.72. The normalized spacial score (nSPS) is 18.2. The lowest BCUT2D eigenvalue weighted by atomic mass is 10.1. The molecule has 0 radical (unpaired) electrons. The Morgan fingerprint density at radius 2 is 1.87 bits per heavy atom. The number of hydrogen-bond donors (Lipinski definition) is 1. The fourth-order valence-electron chi connectivity index (χ4n) is 2.12. The van der Waals surface area contributed by atoms with Crippen LogP contribution < -0.4 is 5.32 Å². The Kier molecular flexibility index (Phi) is 5.20. The molecule has 0 spiro atoms. The SMILES string of the molecule is CS(=O)(=O)CCC1NC(=O)N(CC(=O)c2ccc(Br)cc2)C1=O. The smallest absolute Gasteiger partial charge is 0.325 e. The maximum absolute atomic E-state index is 12.1. The van der Waals surface area contributed by atoms with E-state index in [1.807, 2.05) is 0 Å². The zero-order valence-corrected chi connectivity index (χ0v) is 14.7. The van der Waals surface area contributed by atoms with Crippen molar-refractivity contribution in [1.82, 2.24) is 10.2 Å². The van der Waals surface area contributed by atoms with E-state index in [4.69, 9.17) is 0 Å². The second kappa shape index (κ2) is 6.79. The number of carbonyl (C=O) groups is 3. The lowest BCUT2D eigenvalue weighted by Gasteiger charge is -2.12. The number of benzene rings is 1. The van der Waals surface area contributed by atoms with Crippen LogP contribution in [-0.2, 0) is 14.6 Å². The van der Waals surface area contributed by atoms with Crippen molar-refractivity contribution >= 4 is 43.5 Å². The van der Waals surface area contributed by atoms with E-state index in [0.717, 1.165) is 15.6 Å². The number of ketones is 1. The summed E-state index contributed by atoms with van der Waals surface area (Å²) in [5.74, 6) is -1.16. The van der Waals surface area contributed by atoms with Gasteiger partial charge in [-0.05, 0) is 18.6 Å². The predicted octanol–water partition coefficient (Wildman–Crippen LogP) is 0.987. The van der Waals surface area contributed by atoms with Crippen LogP contribution in [-0.4, -0.2) is 55.6 Å². The molecule has 1 heterocycles. The van der Waals surface area contributed by atoms with Crippen molar-refractivity contribution in [2.45, 2.75) is 12.5 Å². The largest absolute Gasteiger partial charge is 0.326 e. The van der Waals surface area contributed by atoms with Gasteiger partial charge in [0.25, 0.3) is 5.91 Å². The fraction of sp³-hybridized carbons (Fsp3) is 0.357. The summed E-state index contributed by atoms with van der Waals surface area (Å²) < 4.78 is 23.1. The van der Waals surface area contributed by atoms with Gasteiger partial charge >= 0.3 is 6.03 Å². The highest BCUT2D eigenvalue weighted by Crippen LogP contribution is 2.14. The highest BCUT2D eigenvalue weighted by molar-refractivity contribution is 9.10. The van der Waals surface area contributed by atoms with Gasteiger partial charge in [0, 0.05) is 16.3 Å². The van der Waals surface area contributed by atoms with Gasteiger partial charge in [-0.3, -0.25) is 14.5 Å². The highest BCUT2D eigenvalue weighted by Gasteiger charge is 2.39. The van der Waals surface area contributed by atoms with E-state index in [9.17, 15) is 22.8 Å². The molecule has 7 nitrogen and oxygen atoms in total. The molecular weight excluding hydrogens is 388 g/mol. The molecular formula is C14H15BrN2O5S. The minimum Gasteiger partial charge on any atom is -0.326 e. The maximum atomic E-state index is 12.1. The number of imide groups is 1. The number of sulfone groups is 1. The van der Waals surface area contributed by atoms with Crippen molar-refractivity contribution in [3.8, 4) is 0 Å². The van der Waals surface area contributed by atoms with Gasteiger partial charge in [-0.25, -0.2) is 13.2 Å². The Hall–Kier alpha value is -1.74. The number of amides is 3. The molecule has 1 aliphatic rings. The molecule has 1 N–H and O–H groups in total. The lowest BCUT2D eigenvalue weighted by Crippen LogP contribution is -2.36. The third-order valence-electron chi connectivity index (χ3n) is 3.35. The minimum absolute atomic E-state index is 0.00756. The van der Waals surface area contributed by atoms with Crippen LogP contribution in [0, 0.1) is 0 Å². The van der Waals surface area contributed by atoms with Gasteiger partial charge in [0.1, 0.15) is 15.9 Å². The zero-order valence-electron chi connectivity index (χ0n) is 12.3. The number of rotatable bonds is 6. The van der Waals surface area contributed by atoms with Crippen LogP contribution in [0.4, 0.5) is 4.79 Å². The van der Waals surface area contributed by atoms with E-state index in [0.29, 0.717) is 5.56 Å². The Balaban J connectivity index is 2.02. The van der Waals surface area contributed by atoms with Crippen LogP contribution in [0.1, 0.15) is 16.8 Å². The van der Waals surface area contributed by atoms with E-state index < -0.39 is 27.8 Å². The standard InChI is InChI=1S/C14H15BrN2O5S/c1-23(21,22)7-6-11-13(19)17(14(20)16-11)8-12(18)9-2-4-10(15)5-3-9/h2-5,11H,6-8H2,1H3,(H,16,20). The number of Topliss-reactive ketones (excluding diaryl/α,β-unsaturated/α-hetero) is 1. The van der Waals surface area contributed by atoms with Crippen molar-refractivity contribution in [3.63, 3.8) is 0 Å². The molecule has 1 unspecified atom stereocenters. The van der Waals surface area contributed by atoms with E-state index >= 15 is 0 Å². The minimum atomic E-state index is -3.23. The monoisotopic (exact) mass is 402 g/mol. The second-order valence-corrected chi connectivity index (χ2v) is 8.45. The summed E-state index contributed by atoms with van der Waals surface area (Å²) in [6, 6.07) is 4.97. The van der Waals surface area contributed by atoms with Crippen LogP contribution >= 0.6 is 15.9 Å². The Labute approximate surface area is 142 Å². The molecule has 1 fully saturated rings. The van der Waals surface area contributed by atoms with Crippen molar-refractivity contribution in [3.05, 3.63) is 34.3 Å². The van der Waals surface area contributed by atoms with Crippen LogP contribution in [0.25, 0.3) is 0 Å². The summed E-state index contributed by atoms with van der Waals surface area (Å²) in [6.07, 6.45) is 1.05. The molecule has 0 aliphatic carbocycles. The molecule has 23 heavy (non-hydrogen) atoms. The third-order valence-corrected chi connectivity index (χ3v) is 4.86. The van der Waals surface area contributed by atoms with Gasteiger partial charge in [0.05, 0.1) is 12.3 Å². The summed E-state index contributed by atoms with van der Waals surface area (Å²) in [5, 5.41) is 2.41. The van der Waals surface area contributed by atoms with E-state index in [2.05, 4.69) is 21.2 Å². The van der Waals surface area contributed by atoms with Gasteiger partial charge in [-0.2, -0.15) is 0 Å². The molecule has 0 saturated carbocycles. The molecule has 9 heteroatoms. The number of nitrogens with one attached hydrogen (secondary N) is 1. The molecule has 1 aliphatic heterocycles. The second-order valence-electron chi connectivity index (χ2n) is 5.28. The Morgan fingerprint density at radius 1 is 1.26 bits per heavy atom. The maximum Gasteiger partial charge on any atom is 0.325 e. The number of nitrogens with zero attached hydrogens (tertiary/aromatic N) is 1. The number of urea groups is 1. The molecule has 0 bridgehead atoms. The first-order chi connectivity index (χ1) is 10.7. The molecule has 124 valence electrons. The number of halogens is 1. The average molecular weight is 403 g/mol. The first-order valence-electron chi connectivity index (χ1n) is 6.76. The predicted molar refractivity (Wildman–Crippen MR) is 86.8 cm³/mol. The summed E-state index contributed by atoms with van der Waals surface area (Å²) in [7, 11) is -3.23. The summed E-state index contributed by atoms with van der Waals surface area (Å²) in [5.41, 5.74) is 0.383. The first kappa shape index (κ1) is 17.6. The number of hydrogen-bond acceptors (Lipinski definition) is 5. The fourth-order valence-corrected chi connectivity index (χ4v) is 3.05. The van der Waals surface area contributed by atoms with Crippen molar-refractivity contribution in [1.29, 1.82) is 0 Å². The van der Waals surface area contributed by atoms with Gasteiger partial charge in [-0.1, -0.05) is 28.1 Å². The van der Waals surface area contributed by atoms with E-state index in [-0.39, 0.29) is 24.5 Å². The molecule has 1 aromatic rings. The third kappa shape index (κ3) is 4.61. The summed E-state index contributed by atoms with van der Waals surface area (Å²) in [4.78, 5) is 36.9. The van der Waals surface area contributed by atoms with Crippen LogP contribution in [0.5, 0.6) is 0 Å². The molecule has 3 amide bonds. The number of carbonyl (C=O) groups excluding carboxylic acids is 3. The quantitative estimate of drug-likeness (QED) is 0.564. The summed E-state index contributed by atoms with van der Waals surface area (Å²) >= 11 is 3.25. The van der Waals surface area contributed by atoms with Gasteiger partial charge in [0.15, 0.2) is 5.78 Å². The van der Waals surface area contributed by atoms with E-state index in [1.54, 1.807) is 24.3 Å².